The van der Waals surface area contributed by atoms with Crippen molar-refractivity contribution in [2.75, 3.05) is 5.32 Å². The van der Waals surface area contributed by atoms with Gasteiger partial charge in [0, 0.05) is 17.2 Å². The fourth-order valence-electron chi connectivity index (χ4n) is 2.40. The maximum absolute atomic E-state index is 13.0. The number of nitrogens with zero attached hydrogens (tertiary/aromatic N) is 2. The van der Waals surface area contributed by atoms with Crippen LogP contribution >= 0.6 is 0 Å². The number of rotatable bonds is 5. The highest BCUT2D eigenvalue weighted by molar-refractivity contribution is 5.78. The molecule has 0 radical (unpaired) electrons. The minimum atomic E-state index is -0.261. The van der Waals surface area contributed by atoms with Crippen LogP contribution in [0.15, 0.2) is 60.9 Å². The first-order chi connectivity index (χ1) is 11.7. The highest BCUT2D eigenvalue weighted by atomic mass is 19.1. The molecule has 1 aromatic heterocycles. The summed E-state index contributed by atoms with van der Waals surface area (Å²) in [4.78, 5) is 19.7. The van der Waals surface area contributed by atoms with Gasteiger partial charge in [0.25, 0.3) is 0 Å². The molecule has 0 bridgehead atoms. The van der Waals surface area contributed by atoms with Crippen LogP contribution in [0.5, 0.6) is 0 Å². The Kier molecular flexibility index (Phi) is 4.61. The number of benzene rings is 2. The second kappa shape index (κ2) is 7.00. The van der Waals surface area contributed by atoms with Crippen molar-refractivity contribution in [3.05, 3.63) is 77.9 Å². The molecule has 5 heteroatoms. The zero-order chi connectivity index (χ0) is 16.9. The lowest BCUT2D eigenvalue weighted by Gasteiger charge is -2.15. The van der Waals surface area contributed by atoms with E-state index >= 15 is 0 Å². The van der Waals surface area contributed by atoms with E-state index in [1.165, 1.54) is 12.1 Å². The summed E-state index contributed by atoms with van der Waals surface area (Å²) in [7, 11) is 0. The fraction of sp³-hybridized carbons (Fsp3) is 0.105. The van der Waals surface area contributed by atoms with E-state index in [9.17, 15) is 9.18 Å². The van der Waals surface area contributed by atoms with E-state index in [1.807, 2.05) is 19.1 Å². The molecular weight excluding hydrogens is 305 g/mol. The monoisotopic (exact) mass is 321 g/mol. The maximum Gasteiger partial charge on any atom is 0.150 e. The molecule has 0 fully saturated rings. The van der Waals surface area contributed by atoms with Gasteiger partial charge < -0.3 is 5.32 Å². The molecule has 1 unspecified atom stereocenters. The third-order valence-corrected chi connectivity index (χ3v) is 3.69. The molecule has 1 heterocycles. The lowest BCUT2D eigenvalue weighted by molar-refractivity contribution is 0.112. The predicted octanol–water partition coefficient (Wildman–Crippen LogP) is 4.27. The Balaban J connectivity index is 1.82. The average Bonchev–Trinajstić information content (AvgIpc) is 2.62. The Morgan fingerprint density at radius 3 is 2.67 bits per heavy atom. The first-order valence-corrected chi connectivity index (χ1v) is 7.55. The molecule has 0 aliphatic rings. The Morgan fingerprint density at radius 2 is 1.92 bits per heavy atom. The average molecular weight is 321 g/mol. The van der Waals surface area contributed by atoms with Crippen LogP contribution in [0, 0.1) is 5.82 Å². The third kappa shape index (κ3) is 3.63. The Morgan fingerprint density at radius 1 is 1.12 bits per heavy atom. The van der Waals surface area contributed by atoms with Gasteiger partial charge in [0.15, 0.2) is 0 Å². The van der Waals surface area contributed by atoms with Crippen molar-refractivity contribution in [2.24, 2.45) is 0 Å². The second-order valence-electron chi connectivity index (χ2n) is 5.45. The van der Waals surface area contributed by atoms with Crippen molar-refractivity contribution >= 4 is 12.1 Å². The molecule has 24 heavy (non-hydrogen) atoms. The van der Waals surface area contributed by atoms with Crippen LogP contribution in [0.1, 0.15) is 28.9 Å². The highest BCUT2D eigenvalue weighted by Crippen LogP contribution is 2.21. The Hall–Kier alpha value is -3.08. The van der Waals surface area contributed by atoms with Crippen LogP contribution in [-0.2, 0) is 0 Å². The van der Waals surface area contributed by atoms with Crippen molar-refractivity contribution in [2.45, 2.75) is 13.0 Å². The number of halogens is 1. The number of carbonyl (C=O) groups excluding carboxylic acids is 1. The van der Waals surface area contributed by atoms with E-state index in [0.29, 0.717) is 17.1 Å². The molecule has 4 nitrogen and oxygen atoms in total. The van der Waals surface area contributed by atoms with E-state index < -0.39 is 0 Å². The molecule has 0 amide bonds. The minimum absolute atomic E-state index is 0.0449. The van der Waals surface area contributed by atoms with Crippen LogP contribution in [0.4, 0.5) is 10.2 Å². The van der Waals surface area contributed by atoms with Crippen molar-refractivity contribution in [3.63, 3.8) is 0 Å². The minimum Gasteiger partial charge on any atom is -0.362 e. The number of aldehydes is 1. The van der Waals surface area contributed by atoms with Crippen LogP contribution < -0.4 is 5.32 Å². The standard InChI is InChI=1S/C19H16FN3O/c1-13(15-5-7-17(20)8-6-15)22-19-11-21-10-18(23-19)16-4-2-3-14(9-16)12-24/h2-13H,1H3,(H,22,23). The van der Waals surface area contributed by atoms with Crippen molar-refractivity contribution in [3.8, 4) is 11.3 Å². The highest BCUT2D eigenvalue weighted by Gasteiger charge is 2.08. The van der Waals surface area contributed by atoms with Crippen molar-refractivity contribution in [1.29, 1.82) is 0 Å². The van der Waals surface area contributed by atoms with Crippen LogP contribution in [-0.4, -0.2) is 16.3 Å². The van der Waals surface area contributed by atoms with E-state index in [4.69, 9.17) is 0 Å². The van der Waals surface area contributed by atoms with E-state index in [-0.39, 0.29) is 11.9 Å². The van der Waals surface area contributed by atoms with Crippen molar-refractivity contribution < 1.29 is 9.18 Å². The van der Waals surface area contributed by atoms with Gasteiger partial charge in [-0.15, -0.1) is 0 Å². The normalized spacial score (nSPS) is 11.8. The van der Waals surface area contributed by atoms with Crippen LogP contribution in [0.2, 0.25) is 0 Å². The van der Waals surface area contributed by atoms with E-state index in [0.717, 1.165) is 17.4 Å². The molecule has 0 saturated heterocycles. The molecule has 1 N–H and O–H groups in total. The first kappa shape index (κ1) is 15.8. The lowest BCUT2D eigenvalue weighted by Crippen LogP contribution is -2.08. The maximum atomic E-state index is 13.0. The molecular formula is C19H16FN3O. The zero-order valence-electron chi connectivity index (χ0n) is 13.1. The summed E-state index contributed by atoms with van der Waals surface area (Å²) >= 11 is 0. The third-order valence-electron chi connectivity index (χ3n) is 3.69. The smallest absolute Gasteiger partial charge is 0.150 e. The number of aromatic nitrogens is 2. The lowest BCUT2D eigenvalue weighted by atomic mass is 10.1. The van der Waals surface area contributed by atoms with Gasteiger partial charge in [0.05, 0.1) is 18.1 Å². The van der Waals surface area contributed by atoms with Crippen LogP contribution in [0.25, 0.3) is 11.3 Å². The topological polar surface area (TPSA) is 54.9 Å². The van der Waals surface area contributed by atoms with Gasteiger partial charge in [-0.1, -0.05) is 30.3 Å². The van der Waals surface area contributed by atoms with Crippen molar-refractivity contribution in [1.82, 2.24) is 9.97 Å². The molecule has 0 spiro atoms. The largest absolute Gasteiger partial charge is 0.362 e. The van der Waals surface area contributed by atoms with Gasteiger partial charge in [-0.2, -0.15) is 0 Å². The van der Waals surface area contributed by atoms with Gasteiger partial charge in [-0.05, 0) is 30.7 Å². The Labute approximate surface area is 139 Å². The molecule has 2 aromatic carbocycles. The first-order valence-electron chi connectivity index (χ1n) is 7.55. The van der Waals surface area contributed by atoms with Gasteiger partial charge in [-0.25, -0.2) is 9.37 Å². The number of hydrogen-bond donors (Lipinski definition) is 1. The molecule has 1 atom stereocenters. The number of nitrogens with one attached hydrogen (secondary N) is 1. The van der Waals surface area contributed by atoms with Gasteiger partial charge in [0.1, 0.15) is 17.9 Å². The summed E-state index contributed by atoms with van der Waals surface area (Å²) in [5, 5.41) is 3.25. The second-order valence-corrected chi connectivity index (χ2v) is 5.45. The molecule has 0 aliphatic heterocycles. The molecule has 0 aliphatic carbocycles. The Bertz CT molecular complexity index is 849. The summed E-state index contributed by atoms with van der Waals surface area (Å²) in [5.74, 6) is 0.351. The summed E-state index contributed by atoms with van der Waals surface area (Å²) in [6.45, 7) is 1.97. The van der Waals surface area contributed by atoms with Crippen LogP contribution in [0.3, 0.4) is 0 Å². The summed E-state index contributed by atoms with van der Waals surface area (Å²) in [5.41, 5.74) is 3.04. The zero-order valence-corrected chi connectivity index (χ0v) is 13.1. The summed E-state index contributed by atoms with van der Waals surface area (Å²) < 4.78 is 13.0. The molecule has 3 aromatic rings. The number of hydrogen-bond acceptors (Lipinski definition) is 4. The number of anilines is 1. The molecule has 3 rings (SSSR count). The molecule has 120 valence electrons. The van der Waals surface area contributed by atoms with Gasteiger partial charge in [-0.3, -0.25) is 9.78 Å². The van der Waals surface area contributed by atoms with Gasteiger partial charge >= 0.3 is 0 Å². The fourth-order valence-corrected chi connectivity index (χ4v) is 2.40. The van der Waals surface area contributed by atoms with Gasteiger partial charge in [0.2, 0.25) is 0 Å². The van der Waals surface area contributed by atoms with E-state index in [1.54, 1.807) is 36.7 Å². The predicted molar refractivity (Wildman–Crippen MR) is 91.3 cm³/mol. The SMILES string of the molecule is CC(Nc1cncc(-c2cccc(C=O)c2)n1)c1ccc(F)cc1. The quantitative estimate of drug-likeness (QED) is 0.713. The van der Waals surface area contributed by atoms with E-state index in [2.05, 4.69) is 15.3 Å². The molecule has 0 saturated carbocycles. The number of carbonyl (C=O) groups is 1. The summed E-state index contributed by atoms with van der Waals surface area (Å²) in [6.07, 6.45) is 4.08. The summed E-state index contributed by atoms with van der Waals surface area (Å²) in [6, 6.07) is 13.5.